The van der Waals surface area contributed by atoms with Crippen LogP contribution in [0.15, 0.2) is 73.3 Å². The second-order valence-corrected chi connectivity index (χ2v) is 5.01. The predicted octanol–water partition coefficient (Wildman–Crippen LogP) is 2.80. The summed E-state index contributed by atoms with van der Waals surface area (Å²) in [6.07, 6.45) is 1.58. The summed E-state index contributed by atoms with van der Waals surface area (Å²) >= 11 is 0. The number of carbonyl (C=O) groups excluding carboxylic acids is 2. The second-order valence-electron chi connectivity index (χ2n) is 5.01. The van der Waals surface area contributed by atoms with E-state index >= 15 is 0 Å². The largest absolute Gasteiger partial charge is 0.439 e. The molecule has 2 aromatic rings. The van der Waals surface area contributed by atoms with Crippen molar-refractivity contribution in [2.45, 2.75) is 12.5 Å². The van der Waals surface area contributed by atoms with Crippen molar-refractivity contribution in [3.05, 3.63) is 84.4 Å². The standard InChI is InChI=1S/C19H19NO3/c1-3-14-20-18(22)19(23-15(2)21,16-10-6-4-7-11-16)17-12-8-5-9-13-17/h3-13H,1,14H2,2H3,(H,20,22). The first-order valence-corrected chi connectivity index (χ1v) is 7.31. The molecule has 4 heteroatoms. The van der Waals surface area contributed by atoms with Gasteiger partial charge in [-0.3, -0.25) is 9.59 Å². The number of esters is 1. The molecule has 2 aromatic carbocycles. The van der Waals surface area contributed by atoms with Crippen LogP contribution in [-0.2, 0) is 19.9 Å². The van der Waals surface area contributed by atoms with Gasteiger partial charge in [0, 0.05) is 24.6 Å². The zero-order valence-electron chi connectivity index (χ0n) is 13.0. The van der Waals surface area contributed by atoms with Gasteiger partial charge in [-0.15, -0.1) is 6.58 Å². The van der Waals surface area contributed by atoms with E-state index in [9.17, 15) is 9.59 Å². The van der Waals surface area contributed by atoms with Crippen LogP contribution in [0, 0.1) is 0 Å². The summed E-state index contributed by atoms with van der Waals surface area (Å²) in [5, 5.41) is 2.74. The molecule has 0 saturated heterocycles. The van der Waals surface area contributed by atoms with E-state index in [1.165, 1.54) is 6.92 Å². The molecule has 0 bridgehead atoms. The van der Waals surface area contributed by atoms with Crippen molar-refractivity contribution < 1.29 is 14.3 Å². The van der Waals surface area contributed by atoms with Gasteiger partial charge in [-0.2, -0.15) is 0 Å². The van der Waals surface area contributed by atoms with Crippen LogP contribution in [0.5, 0.6) is 0 Å². The minimum Gasteiger partial charge on any atom is -0.439 e. The zero-order valence-corrected chi connectivity index (χ0v) is 13.0. The summed E-state index contributed by atoms with van der Waals surface area (Å²) in [5.41, 5.74) is -0.358. The van der Waals surface area contributed by atoms with Crippen LogP contribution < -0.4 is 5.32 Å². The first-order chi connectivity index (χ1) is 11.1. The van der Waals surface area contributed by atoms with Crippen molar-refractivity contribution in [3.8, 4) is 0 Å². The lowest BCUT2D eigenvalue weighted by Gasteiger charge is -2.32. The molecule has 0 heterocycles. The zero-order chi connectivity index (χ0) is 16.7. The molecule has 0 saturated carbocycles. The third-order valence-electron chi connectivity index (χ3n) is 3.38. The third-order valence-corrected chi connectivity index (χ3v) is 3.38. The van der Waals surface area contributed by atoms with E-state index in [4.69, 9.17) is 4.74 Å². The molecule has 0 atom stereocenters. The molecule has 1 amide bonds. The Hall–Kier alpha value is -2.88. The van der Waals surface area contributed by atoms with Gasteiger partial charge in [0.2, 0.25) is 5.60 Å². The second kappa shape index (κ2) is 7.40. The minimum atomic E-state index is -1.53. The lowest BCUT2D eigenvalue weighted by Crippen LogP contribution is -2.48. The molecule has 0 fully saturated rings. The third kappa shape index (κ3) is 3.48. The quantitative estimate of drug-likeness (QED) is 0.659. The molecular formula is C19H19NO3. The van der Waals surface area contributed by atoms with Crippen molar-refractivity contribution in [2.75, 3.05) is 6.54 Å². The summed E-state index contributed by atoms with van der Waals surface area (Å²) in [6, 6.07) is 18.0. The molecule has 0 aromatic heterocycles. The fraction of sp³-hybridized carbons (Fsp3) is 0.158. The number of nitrogens with one attached hydrogen (secondary N) is 1. The van der Waals surface area contributed by atoms with E-state index < -0.39 is 17.5 Å². The topological polar surface area (TPSA) is 55.4 Å². The Morgan fingerprint density at radius 2 is 1.52 bits per heavy atom. The van der Waals surface area contributed by atoms with Crippen LogP contribution in [0.2, 0.25) is 0 Å². The Kier molecular flexibility index (Phi) is 5.31. The van der Waals surface area contributed by atoms with Gasteiger partial charge in [-0.25, -0.2) is 0 Å². The Morgan fingerprint density at radius 3 is 1.91 bits per heavy atom. The van der Waals surface area contributed by atoms with Crippen molar-refractivity contribution in [1.29, 1.82) is 0 Å². The van der Waals surface area contributed by atoms with E-state index in [1.807, 2.05) is 12.1 Å². The summed E-state index contributed by atoms with van der Waals surface area (Å²) < 4.78 is 5.58. The molecule has 0 aliphatic heterocycles. The maximum absolute atomic E-state index is 12.9. The molecule has 0 aliphatic rings. The highest BCUT2D eigenvalue weighted by molar-refractivity contribution is 5.92. The SMILES string of the molecule is C=CCNC(=O)C(OC(C)=O)(c1ccccc1)c1ccccc1. The van der Waals surface area contributed by atoms with Gasteiger partial charge < -0.3 is 10.1 Å². The van der Waals surface area contributed by atoms with E-state index in [0.29, 0.717) is 11.1 Å². The smallest absolute Gasteiger partial charge is 0.304 e. The van der Waals surface area contributed by atoms with E-state index in [0.717, 1.165) is 0 Å². The first kappa shape index (κ1) is 16.5. The molecule has 0 unspecified atom stereocenters. The normalized spacial score (nSPS) is 10.7. The molecule has 2 rings (SSSR count). The minimum absolute atomic E-state index is 0.279. The highest BCUT2D eigenvalue weighted by atomic mass is 16.6. The van der Waals surface area contributed by atoms with Gasteiger partial charge >= 0.3 is 5.97 Å². The molecule has 0 radical (unpaired) electrons. The molecule has 118 valence electrons. The molecular weight excluding hydrogens is 290 g/mol. The van der Waals surface area contributed by atoms with Crippen LogP contribution >= 0.6 is 0 Å². The van der Waals surface area contributed by atoms with Gasteiger partial charge in [-0.05, 0) is 0 Å². The van der Waals surface area contributed by atoms with Crippen molar-refractivity contribution in [3.63, 3.8) is 0 Å². The number of amides is 1. The van der Waals surface area contributed by atoms with Gasteiger partial charge in [0.1, 0.15) is 0 Å². The van der Waals surface area contributed by atoms with Crippen LogP contribution in [-0.4, -0.2) is 18.4 Å². The molecule has 0 spiro atoms. The van der Waals surface area contributed by atoms with Crippen LogP contribution in [0.25, 0.3) is 0 Å². The highest BCUT2D eigenvalue weighted by Crippen LogP contribution is 2.34. The summed E-state index contributed by atoms with van der Waals surface area (Å²) in [5.74, 6) is -0.948. The lowest BCUT2D eigenvalue weighted by molar-refractivity contribution is -0.163. The average molecular weight is 309 g/mol. The maximum Gasteiger partial charge on any atom is 0.304 e. The van der Waals surface area contributed by atoms with Gasteiger partial charge in [-0.1, -0.05) is 66.7 Å². The fourth-order valence-corrected chi connectivity index (χ4v) is 2.44. The fourth-order valence-electron chi connectivity index (χ4n) is 2.44. The van der Waals surface area contributed by atoms with E-state index in [1.54, 1.807) is 54.6 Å². The Bertz CT molecular complexity index is 641. The van der Waals surface area contributed by atoms with Gasteiger partial charge in [0.25, 0.3) is 5.91 Å². The predicted molar refractivity (Wildman–Crippen MR) is 88.6 cm³/mol. The molecule has 1 N–H and O–H groups in total. The average Bonchev–Trinajstić information content (AvgIpc) is 2.59. The number of benzene rings is 2. The van der Waals surface area contributed by atoms with Gasteiger partial charge in [0.05, 0.1) is 0 Å². The van der Waals surface area contributed by atoms with Crippen LogP contribution in [0.3, 0.4) is 0 Å². The molecule has 23 heavy (non-hydrogen) atoms. The summed E-state index contributed by atoms with van der Waals surface area (Å²) in [6.45, 7) is 5.17. The van der Waals surface area contributed by atoms with Gasteiger partial charge in [0.15, 0.2) is 0 Å². The number of ether oxygens (including phenoxy) is 1. The highest BCUT2D eigenvalue weighted by Gasteiger charge is 2.45. The number of hydrogen-bond donors (Lipinski definition) is 1. The van der Waals surface area contributed by atoms with Crippen molar-refractivity contribution in [1.82, 2.24) is 5.32 Å². The number of carbonyl (C=O) groups is 2. The summed E-state index contributed by atoms with van der Waals surface area (Å²) in [4.78, 5) is 24.7. The first-order valence-electron chi connectivity index (χ1n) is 7.31. The maximum atomic E-state index is 12.9. The Labute approximate surface area is 135 Å². The van der Waals surface area contributed by atoms with E-state index in [2.05, 4.69) is 11.9 Å². The number of hydrogen-bond acceptors (Lipinski definition) is 3. The van der Waals surface area contributed by atoms with Crippen molar-refractivity contribution >= 4 is 11.9 Å². The molecule has 0 aliphatic carbocycles. The lowest BCUT2D eigenvalue weighted by atomic mass is 9.85. The van der Waals surface area contributed by atoms with Crippen LogP contribution in [0.4, 0.5) is 0 Å². The Balaban J connectivity index is 2.65. The van der Waals surface area contributed by atoms with Crippen LogP contribution in [0.1, 0.15) is 18.1 Å². The molecule has 4 nitrogen and oxygen atoms in total. The van der Waals surface area contributed by atoms with Crippen molar-refractivity contribution in [2.24, 2.45) is 0 Å². The summed E-state index contributed by atoms with van der Waals surface area (Å²) in [7, 11) is 0. The number of rotatable bonds is 6. The Morgan fingerprint density at radius 1 is 1.04 bits per heavy atom. The monoisotopic (exact) mass is 309 g/mol. The van der Waals surface area contributed by atoms with E-state index in [-0.39, 0.29) is 6.54 Å².